The van der Waals surface area contributed by atoms with Gasteiger partial charge < -0.3 is 5.32 Å². The Morgan fingerprint density at radius 1 is 0.889 bits per heavy atom. The number of hydrogen-bond acceptors (Lipinski definition) is 2. The normalized spacial score (nSPS) is 10.9. The molecule has 0 atom stereocenters. The molecule has 4 aromatic rings. The number of nitrogens with zero attached hydrogens (tertiary/aromatic N) is 1. The van der Waals surface area contributed by atoms with Gasteiger partial charge in [-0.05, 0) is 48.7 Å². The van der Waals surface area contributed by atoms with Crippen LogP contribution in [0.3, 0.4) is 0 Å². The van der Waals surface area contributed by atoms with Crippen molar-refractivity contribution >= 4 is 28.3 Å². The fraction of sp³-hybridized carbons (Fsp3) is 0.125. The predicted octanol–water partition coefficient (Wildman–Crippen LogP) is 6.78. The molecule has 3 aromatic carbocycles. The molecule has 0 aliphatic heterocycles. The van der Waals surface area contributed by atoms with Gasteiger partial charge in [0.25, 0.3) is 0 Å². The SMILES string of the molecule is Cc1ccc(-c2cc3cccc(C)c3nc2NCc2ccc(Cl)cc2)cc1. The Bertz CT molecular complexity index is 1080. The number of para-hydroxylation sites is 1. The number of aryl methyl sites for hydroxylation is 2. The van der Waals surface area contributed by atoms with E-state index >= 15 is 0 Å². The van der Waals surface area contributed by atoms with Crippen LogP contribution in [-0.2, 0) is 6.54 Å². The number of halogens is 1. The lowest BCUT2D eigenvalue weighted by atomic mass is 10.0. The second-order valence-electron chi connectivity index (χ2n) is 6.88. The summed E-state index contributed by atoms with van der Waals surface area (Å²) in [6.07, 6.45) is 0. The van der Waals surface area contributed by atoms with E-state index in [9.17, 15) is 0 Å². The highest BCUT2D eigenvalue weighted by Crippen LogP contribution is 2.31. The van der Waals surface area contributed by atoms with Gasteiger partial charge in [0, 0.05) is 22.5 Å². The van der Waals surface area contributed by atoms with Crippen molar-refractivity contribution in [2.24, 2.45) is 0 Å². The maximum atomic E-state index is 6.00. The van der Waals surface area contributed by atoms with Crippen LogP contribution in [0.4, 0.5) is 5.82 Å². The molecule has 134 valence electrons. The summed E-state index contributed by atoms with van der Waals surface area (Å²) in [5.41, 5.74) is 6.90. The first-order valence-corrected chi connectivity index (χ1v) is 9.44. The molecule has 1 heterocycles. The van der Waals surface area contributed by atoms with Gasteiger partial charge in [-0.2, -0.15) is 0 Å². The second-order valence-corrected chi connectivity index (χ2v) is 7.31. The Morgan fingerprint density at radius 3 is 2.37 bits per heavy atom. The fourth-order valence-corrected chi connectivity index (χ4v) is 3.35. The largest absolute Gasteiger partial charge is 0.365 e. The molecular formula is C24H21ClN2. The van der Waals surface area contributed by atoms with Crippen molar-refractivity contribution < 1.29 is 0 Å². The minimum Gasteiger partial charge on any atom is -0.365 e. The van der Waals surface area contributed by atoms with Crippen molar-refractivity contribution in [1.29, 1.82) is 0 Å². The van der Waals surface area contributed by atoms with Crippen molar-refractivity contribution in [2.75, 3.05) is 5.32 Å². The number of fused-ring (bicyclic) bond motifs is 1. The molecule has 0 radical (unpaired) electrons. The van der Waals surface area contributed by atoms with Crippen LogP contribution in [0, 0.1) is 13.8 Å². The van der Waals surface area contributed by atoms with E-state index in [-0.39, 0.29) is 0 Å². The van der Waals surface area contributed by atoms with Gasteiger partial charge in [0.15, 0.2) is 0 Å². The number of anilines is 1. The molecule has 1 aromatic heterocycles. The quantitative estimate of drug-likeness (QED) is 0.426. The summed E-state index contributed by atoms with van der Waals surface area (Å²) in [5, 5.41) is 5.43. The van der Waals surface area contributed by atoms with E-state index in [0.29, 0.717) is 6.54 Å². The molecule has 0 spiro atoms. The van der Waals surface area contributed by atoms with Crippen molar-refractivity contribution in [1.82, 2.24) is 4.98 Å². The summed E-state index contributed by atoms with van der Waals surface area (Å²) >= 11 is 6.00. The maximum Gasteiger partial charge on any atom is 0.134 e. The number of aromatic nitrogens is 1. The van der Waals surface area contributed by atoms with Crippen LogP contribution in [0.25, 0.3) is 22.0 Å². The lowest BCUT2D eigenvalue weighted by Gasteiger charge is -2.14. The highest BCUT2D eigenvalue weighted by atomic mass is 35.5. The van der Waals surface area contributed by atoms with Crippen molar-refractivity contribution in [3.63, 3.8) is 0 Å². The smallest absolute Gasteiger partial charge is 0.134 e. The molecule has 1 N–H and O–H groups in total. The van der Waals surface area contributed by atoms with Gasteiger partial charge >= 0.3 is 0 Å². The molecule has 4 rings (SSSR count). The predicted molar refractivity (Wildman–Crippen MR) is 115 cm³/mol. The Kier molecular flexibility index (Phi) is 4.83. The summed E-state index contributed by atoms with van der Waals surface area (Å²) in [5.74, 6) is 0.899. The van der Waals surface area contributed by atoms with Gasteiger partial charge in [-0.25, -0.2) is 4.98 Å². The molecule has 0 saturated heterocycles. The summed E-state index contributed by atoms with van der Waals surface area (Å²) in [6, 6.07) is 25.0. The van der Waals surface area contributed by atoms with E-state index in [1.165, 1.54) is 16.7 Å². The topological polar surface area (TPSA) is 24.9 Å². The highest BCUT2D eigenvalue weighted by molar-refractivity contribution is 6.30. The summed E-state index contributed by atoms with van der Waals surface area (Å²) in [6.45, 7) is 4.90. The standard InChI is InChI=1S/C24H21ClN2/c1-16-6-10-19(11-7-16)22-14-20-5-3-4-17(2)23(20)27-24(22)26-15-18-8-12-21(25)13-9-18/h3-14H,15H2,1-2H3,(H,26,27). The van der Waals surface area contributed by atoms with Gasteiger partial charge in [-0.3, -0.25) is 0 Å². The number of nitrogens with one attached hydrogen (secondary N) is 1. The Balaban J connectivity index is 1.77. The molecule has 2 nitrogen and oxygen atoms in total. The first-order chi connectivity index (χ1) is 13.1. The van der Waals surface area contributed by atoms with E-state index in [1.54, 1.807) is 0 Å². The molecule has 0 unspecified atom stereocenters. The first kappa shape index (κ1) is 17.6. The molecule has 27 heavy (non-hydrogen) atoms. The molecule has 0 saturated carbocycles. The van der Waals surface area contributed by atoms with Crippen molar-refractivity contribution in [2.45, 2.75) is 20.4 Å². The van der Waals surface area contributed by atoms with Gasteiger partial charge in [-0.1, -0.05) is 71.8 Å². The highest BCUT2D eigenvalue weighted by Gasteiger charge is 2.10. The Labute approximate surface area is 164 Å². The van der Waals surface area contributed by atoms with Gasteiger partial charge in [0.2, 0.25) is 0 Å². The van der Waals surface area contributed by atoms with E-state index in [0.717, 1.165) is 32.9 Å². The monoisotopic (exact) mass is 372 g/mol. The van der Waals surface area contributed by atoms with Crippen LogP contribution in [0.15, 0.2) is 72.8 Å². The average Bonchev–Trinajstić information content (AvgIpc) is 2.68. The Hall–Kier alpha value is -2.84. The third-order valence-electron chi connectivity index (χ3n) is 4.78. The third kappa shape index (κ3) is 3.81. The van der Waals surface area contributed by atoms with E-state index in [2.05, 4.69) is 67.7 Å². The minimum atomic E-state index is 0.695. The third-order valence-corrected chi connectivity index (χ3v) is 5.04. The van der Waals surface area contributed by atoms with Crippen LogP contribution in [-0.4, -0.2) is 4.98 Å². The van der Waals surface area contributed by atoms with Crippen molar-refractivity contribution in [3.05, 3.63) is 94.5 Å². The molecular weight excluding hydrogens is 352 g/mol. The molecule has 0 amide bonds. The van der Waals surface area contributed by atoms with Gasteiger partial charge in [0.05, 0.1) is 5.52 Å². The first-order valence-electron chi connectivity index (χ1n) is 9.06. The zero-order valence-corrected chi connectivity index (χ0v) is 16.2. The Morgan fingerprint density at radius 2 is 1.63 bits per heavy atom. The van der Waals surface area contributed by atoms with E-state index < -0.39 is 0 Å². The number of hydrogen-bond donors (Lipinski definition) is 1. The van der Waals surface area contributed by atoms with Crippen LogP contribution in [0.1, 0.15) is 16.7 Å². The van der Waals surface area contributed by atoms with Crippen LogP contribution >= 0.6 is 11.6 Å². The van der Waals surface area contributed by atoms with E-state index in [1.807, 2.05) is 24.3 Å². The molecule has 0 aliphatic carbocycles. The van der Waals surface area contributed by atoms with E-state index in [4.69, 9.17) is 16.6 Å². The number of rotatable bonds is 4. The number of benzene rings is 3. The molecule has 3 heteroatoms. The van der Waals surface area contributed by atoms with Crippen molar-refractivity contribution in [3.8, 4) is 11.1 Å². The fourth-order valence-electron chi connectivity index (χ4n) is 3.22. The van der Waals surface area contributed by atoms with Crippen LogP contribution in [0.5, 0.6) is 0 Å². The summed E-state index contributed by atoms with van der Waals surface area (Å²) < 4.78 is 0. The summed E-state index contributed by atoms with van der Waals surface area (Å²) in [4.78, 5) is 4.97. The van der Waals surface area contributed by atoms with Gasteiger partial charge in [-0.15, -0.1) is 0 Å². The number of pyridine rings is 1. The van der Waals surface area contributed by atoms with Gasteiger partial charge in [0.1, 0.15) is 5.82 Å². The minimum absolute atomic E-state index is 0.695. The lowest BCUT2D eigenvalue weighted by Crippen LogP contribution is -2.04. The summed E-state index contributed by atoms with van der Waals surface area (Å²) in [7, 11) is 0. The maximum absolute atomic E-state index is 6.00. The molecule has 0 fully saturated rings. The molecule has 0 aliphatic rings. The van der Waals surface area contributed by atoms with Crippen LogP contribution in [0.2, 0.25) is 5.02 Å². The zero-order chi connectivity index (χ0) is 18.8. The average molecular weight is 373 g/mol. The zero-order valence-electron chi connectivity index (χ0n) is 15.5. The van der Waals surface area contributed by atoms with Crippen LogP contribution < -0.4 is 5.32 Å². The lowest BCUT2D eigenvalue weighted by molar-refractivity contribution is 1.12. The molecule has 0 bridgehead atoms. The second kappa shape index (κ2) is 7.42.